The zero-order valence-corrected chi connectivity index (χ0v) is 10.8. The minimum Gasteiger partial charge on any atom is -0.481 e. The number of nitrogens with zero attached hydrogens (tertiary/aromatic N) is 2. The van der Waals surface area contributed by atoms with Gasteiger partial charge in [-0.3, -0.25) is 15.0 Å². The van der Waals surface area contributed by atoms with Crippen LogP contribution in [0.2, 0.25) is 0 Å². The van der Waals surface area contributed by atoms with Crippen molar-refractivity contribution in [2.75, 3.05) is 33.2 Å². The molecule has 1 amide bonds. The van der Waals surface area contributed by atoms with Crippen LogP contribution in [0.1, 0.15) is 19.3 Å². The molecule has 1 saturated heterocycles. The molecule has 0 spiro atoms. The summed E-state index contributed by atoms with van der Waals surface area (Å²) < 4.78 is 0. The van der Waals surface area contributed by atoms with E-state index in [1.54, 1.807) is 0 Å². The summed E-state index contributed by atoms with van der Waals surface area (Å²) in [6.07, 6.45) is 1.79. The maximum absolute atomic E-state index is 12.0. The van der Waals surface area contributed by atoms with Gasteiger partial charge in [-0.1, -0.05) is 0 Å². The molecule has 2 atom stereocenters. The monoisotopic (exact) mass is 255 g/mol. The lowest BCUT2D eigenvalue weighted by Gasteiger charge is -2.33. The van der Waals surface area contributed by atoms with Crippen LogP contribution in [0.25, 0.3) is 0 Å². The third-order valence-corrected chi connectivity index (χ3v) is 3.92. The van der Waals surface area contributed by atoms with Gasteiger partial charge >= 0.3 is 5.97 Å². The quantitative estimate of drug-likeness (QED) is 0.728. The van der Waals surface area contributed by atoms with Gasteiger partial charge in [0.05, 0.1) is 5.92 Å². The van der Waals surface area contributed by atoms with Crippen LogP contribution >= 0.6 is 0 Å². The molecule has 1 saturated carbocycles. The first-order valence-corrected chi connectivity index (χ1v) is 6.53. The molecule has 0 radical (unpaired) electrons. The van der Waals surface area contributed by atoms with E-state index in [1.807, 2.05) is 5.01 Å². The van der Waals surface area contributed by atoms with Gasteiger partial charge in [0, 0.05) is 32.1 Å². The summed E-state index contributed by atoms with van der Waals surface area (Å²) in [6.45, 7) is 3.56. The lowest BCUT2D eigenvalue weighted by atomic mass is 10.0. The summed E-state index contributed by atoms with van der Waals surface area (Å²) >= 11 is 0. The van der Waals surface area contributed by atoms with Gasteiger partial charge < -0.3 is 10.0 Å². The highest BCUT2D eigenvalue weighted by Gasteiger charge is 2.34. The minimum absolute atomic E-state index is 0.0108. The highest BCUT2D eigenvalue weighted by atomic mass is 16.4. The Morgan fingerprint density at radius 1 is 1.11 bits per heavy atom. The molecule has 0 bridgehead atoms. The van der Waals surface area contributed by atoms with Crippen molar-refractivity contribution in [2.24, 2.45) is 11.8 Å². The van der Waals surface area contributed by atoms with E-state index in [2.05, 4.69) is 17.4 Å². The molecule has 2 rings (SSSR count). The third kappa shape index (κ3) is 3.20. The second-order valence-electron chi connectivity index (χ2n) is 5.31. The zero-order valence-electron chi connectivity index (χ0n) is 10.8. The molecule has 2 aliphatic rings. The van der Waals surface area contributed by atoms with Gasteiger partial charge in [0.1, 0.15) is 0 Å². The van der Waals surface area contributed by atoms with Crippen LogP contribution in [0.5, 0.6) is 0 Å². The van der Waals surface area contributed by atoms with E-state index < -0.39 is 5.97 Å². The van der Waals surface area contributed by atoms with E-state index in [1.165, 1.54) is 0 Å². The van der Waals surface area contributed by atoms with Crippen molar-refractivity contribution in [1.29, 1.82) is 0 Å². The fourth-order valence-electron chi connectivity index (χ4n) is 2.61. The Morgan fingerprint density at radius 3 is 2.28 bits per heavy atom. The Hall–Kier alpha value is -1.14. The Morgan fingerprint density at radius 2 is 1.72 bits per heavy atom. The van der Waals surface area contributed by atoms with Crippen LogP contribution in [0.4, 0.5) is 0 Å². The largest absolute Gasteiger partial charge is 0.481 e. The first kappa shape index (κ1) is 13.3. The SMILES string of the molecule is CN1CCN(NC(=O)[C@@H]2CC[C@H](C(=O)O)C2)CC1. The summed E-state index contributed by atoms with van der Waals surface area (Å²) in [7, 11) is 2.06. The molecule has 6 nitrogen and oxygen atoms in total. The van der Waals surface area contributed by atoms with E-state index in [-0.39, 0.29) is 17.7 Å². The smallest absolute Gasteiger partial charge is 0.306 e. The molecule has 0 aromatic heterocycles. The molecule has 2 fully saturated rings. The first-order valence-electron chi connectivity index (χ1n) is 6.53. The summed E-state index contributed by atoms with van der Waals surface area (Å²) in [4.78, 5) is 25.1. The normalized spacial score (nSPS) is 30.3. The Bertz CT molecular complexity index is 327. The summed E-state index contributed by atoms with van der Waals surface area (Å²) in [5, 5.41) is 10.9. The molecule has 1 heterocycles. The highest BCUT2D eigenvalue weighted by molar-refractivity contribution is 5.80. The van der Waals surface area contributed by atoms with Gasteiger partial charge in [-0.05, 0) is 26.3 Å². The average Bonchev–Trinajstić information content (AvgIpc) is 2.81. The first-order chi connectivity index (χ1) is 8.56. The molecule has 1 aliphatic carbocycles. The molecule has 102 valence electrons. The average molecular weight is 255 g/mol. The van der Waals surface area contributed by atoms with Crippen molar-refractivity contribution >= 4 is 11.9 Å². The number of amides is 1. The van der Waals surface area contributed by atoms with Gasteiger partial charge in [0.25, 0.3) is 0 Å². The van der Waals surface area contributed by atoms with Crippen LogP contribution < -0.4 is 5.43 Å². The standard InChI is InChI=1S/C12H21N3O3/c1-14-4-6-15(7-5-14)13-11(16)9-2-3-10(8-9)12(17)18/h9-10H,2-8H2,1H3,(H,13,16)(H,17,18)/t9-,10+/m1/s1. The van der Waals surface area contributed by atoms with Gasteiger partial charge in [-0.15, -0.1) is 0 Å². The minimum atomic E-state index is -0.773. The number of piperazine rings is 1. The Kier molecular flexibility index (Phi) is 4.19. The number of nitrogens with one attached hydrogen (secondary N) is 1. The van der Waals surface area contributed by atoms with Gasteiger partial charge in [0.2, 0.25) is 5.91 Å². The van der Waals surface area contributed by atoms with Crippen LogP contribution in [0.3, 0.4) is 0 Å². The lowest BCUT2D eigenvalue weighted by Crippen LogP contribution is -2.53. The number of carboxylic acid groups (broad SMARTS) is 1. The number of hydrogen-bond acceptors (Lipinski definition) is 4. The lowest BCUT2D eigenvalue weighted by molar-refractivity contribution is -0.141. The topological polar surface area (TPSA) is 72.9 Å². The highest BCUT2D eigenvalue weighted by Crippen LogP contribution is 2.31. The maximum atomic E-state index is 12.0. The molecular formula is C12H21N3O3. The van der Waals surface area contributed by atoms with E-state index in [4.69, 9.17) is 5.11 Å². The molecule has 18 heavy (non-hydrogen) atoms. The molecule has 2 N–H and O–H groups in total. The number of rotatable bonds is 3. The van der Waals surface area contributed by atoms with E-state index in [0.717, 1.165) is 26.2 Å². The van der Waals surface area contributed by atoms with E-state index in [9.17, 15) is 9.59 Å². The predicted octanol–water partition coefficient (Wildman–Crippen LogP) is -0.234. The summed E-state index contributed by atoms with van der Waals surface area (Å²) in [5.41, 5.74) is 2.92. The Labute approximate surface area is 107 Å². The number of carbonyl (C=O) groups is 2. The second-order valence-corrected chi connectivity index (χ2v) is 5.31. The fraction of sp³-hybridized carbons (Fsp3) is 0.833. The number of hydrogen-bond donors (Lipinski definition) is 2. The zero-order chi connectivity index (χ0) is 13.1. The summed E-state index contributed by atoms with van der Waals surface area (Å²) in [5.74, 6) is -1.26. The summed E-state index contributed by atoms with van der Waals surface area (Å²) in [6, 6.07) is 0. The fourth-order valence-corrected chi connectivity index (χ4v) is 2.61. The number of carboxylic acids is 1. The van der Waals surface area contributed by atoms with Crippen molar-refractivity contribution in [3.63, 3.8) is 0 Å². The maximum Gasteiger partial charge on any atom is 0.306 e. The van der Waals surface area contributed by atoms with E-state index in [0.29, 0.717) is 19.3 Å². The van der Waals surface area contributed by atoms with Crippen molar-refractivity contribution in [3.05, 3.63) is 0 Å². The molecule has 1 aliphatic heterocycles. The van der Waals surface area contributed by atoms with Crippen LogP contribution in [-0.2, 0) is 9.59 Å². The van der Waals surface area contributed by atoms with Crippen molar-refractivity contribution in [3.8, 4) is 0 Å². The van der Waals surface area contributed by atoms with Crippen molar-refractivity contribution in [1.82, 2.24) is 15.3 Å². The third-order valence-electron chi connectivity index (χ3n) is 3.92. The molecule has 0 aromatic rings. The Balaban J connectivity index is 1.77. The van der Waals surface area contributed by atoms with Crippen molar-refractivity contribution in [2.45, 2.75) is 19.3 Å². The van der Waals surface area contributed by atoms with Gasteiger partial charge in [-0.2, -0.15) is 0 Å². The number of carbonyl (C=O) groups excluding carboxylic acids is 1. The predicted molar refractivity (Wildman–Crippen MR) is 65.7 cm³/mol. The molecular weight excluding hydrogens is 234 g/mol. The van der Waals surface area contributed by atoms with Crippen LogP contribution in [0.15, 0.2) is 0 Å². The number of hydrazine groups is 1. The van der Waals surface area contributed by atoms with Gasteiger partial charge in [-0.25, -0.2) is 5.01 Å². The van der Waals surface area contributed by atoms with Gasteiger partial charge in [0.15, 0.2) is 0 Å². The molecule has 0 aromatic carbocycles. The second kappa shape index (κ2) is 5.67. The van der Waals surface area contributed by atoms with E-state index >= 15 is 0 Å². The van der Waals surface area contributed by atoms with Crippen LogP contribution in [-0.4, -0.2) is 60.1 Å². The number of aliphatic carboxylic acids is 1. The number of likely N-dealkylation sites (N-methyl/N-ethyl adjacent to an activating group) is 1. The molecule has 6 heteroatoms. The van der Waals surface area contributed by atoms with Crippen molar-refractivity contribution < 1.29 is 14.7 Å². The van der Waals surface area contributed by atoms with Crippen LogP contribution in [0, 0.1) is 11.8 Å². The molecule has 0 unspecified atom stereocenters.